The van der Waals surface area contributed by atoms with Crippen molar-refractivity contribution in [2.75, 3.05) is 34.2 Å². The van der Waals surface area contributed by atoms with Gasteiger partial charge in [-0.05, 0) is 31.1 Å². The Morgan fingerprint density at radius 2 is 1.38 bits per heavy atom. The average Bonchev–Trinajstić information content (AvgIpc) is 2.65. The van der Waals surface area contributed by atoms with E-state index in [0.29, 0.717) is 12.0 Å². The molecule has 0 saturated heterocycles. The molecular weight excluding hydrogens is 435 g/mol. The molecule has 2 aromatic rings. The van der Waals surface area contributed by atoms with Gasteiger partial charge in [0.15, 0.2) is 5.96 Å². The van der Waals surface area contributed by atoms with Crippen LogP contribution in [0.15, 0.2) is 65.7 Å². The third kappa shape index (κ3) is 6.96. The van der Waals surface area contributed by atoms with Crippen molar-refractivity contribution in [3.8, 4) is 0 Å². The van der Waals surface area contributed by atoms with E-state index in [2.05, 4.69) is 102 Å². The highest BCUT2D eigenvalue weighted by molar-refractivity contribution is 14.0. The second kappa shape index (κ2) is 11.9. The summed E-state index contributed by atoms with van der Waals surface area (Å²) >= 11 is 0. The molecular formula is C21H31IN4. The SMILES string of the molecule is CN=C(NCC(C)c1ccccc1)NCC(c1ccccc1)N(C)C.I. The van der Waals surface area contributed by atoms with E-state index in [1.165, 1.54) is 11.1 Å². The Bertz CT molecular complexity index is 644. The minimum absolute atomic E-state index is 0. The monoisotopic (exact) mass is 466 g/mol. The Morgan fingerprint density at radius 1 is 0.885 bits per heavy atom. The number of rotatable bonds is 7. The molecule has 0 saturated carbocycles. The van der Waals surface area contributed by atoms with Crippen LogP contribution in [0.3, 0.4) is 0 Å². The molecule has 4 nitrogen and oxygen atoms in total. The molecule has 0 spiro atoms. The minimum Gasteiger partial charge on any atom is -0.356 e. The quantitative estimate of drug-likeness (QED) is 0.370. The Morgan fingerprint density at radius 3 is 1.88 bits per heavy atom. The molecule has 0 bridgehead atoms. The van der Waals surface area contributed by atoms with E-state index in [0.717, 1.165) is 19.0 Å². The molecule has 2 N–H and O–H groups in total. The molecule has 0 heterocycles. The first-order valence-electron chi connectivity index (χ1n) is 8.82. The normalized spacial score (nSPS) is 13.7. The van der Waals surface area contributed by atoms with Crippen LogP contribution in [0.4, 0.5) is 0 Å². The smallest absolute Gasteiger partial charge is 0.191 e. The van der Waals surface area contributed by atoms with Crippen molar-refractivity contribution in [1.29, 1.82) is 0 Å². The zero-order chi connectivity index (χ0) is 18.1. The fraction of sp³-hybridized carbons (Fsp3) is 0.381. The van der Waals surface area contributed by atoms with E-state index in [9.17, 15) is 0 Å². The lowest BCUT2D eigenvalue weighted by Crippen LogP contribution is -2.42. The maximum Gasteiger partial charge on any atom is 0.191 e. The fourth-order valence-corrected chi connectivity index (χ4v) is 2.84. The standard InChI is InChI=1S/C21H30N4.HI/c1-17(18-11-7-5-8-12-18)15-23-21(22-2)24-16-20(25(3)4)19-13-9-6-10-14-19;/h5-14,17,20H,15-16H2,1-4H3,(H2,22,23,24);1H. The number of aliphatic imine (C=N–C) groups is 1. The zero-order valence-electron chi connectivity index (χ0n) is 16.1. The van der Waals surface area contributed by atoms with Crippen LogP contribution < -0.4 is 10.6 Å². The first-order valence-corrected chi connectivity index (χ1v) is 8.82. The van der Waals surface area contributed by atoms with Gasteiger partial charge in [-0.2, -0.15) is 0 Å². The largest absolute Gasteiger partial charge is 0.356 e. The van der Waals surface area contributed by atoms with E-state index < -0.39 is 0 Å². The van der Waals surface area contributed by atoms with Gasteiger partial charge in [0.05, 0.1) is 6.04 Å². The molecule has 0 amide bonds. The highest BCUT2D eigenvalue weighted by Gasteiger charge is 2.14. The van der Waals surface area contributed by atoms with Crippen LogP contribution in [0.2, 0.25) is 0 Å². The van der Waals surface area contributed by atoms with E-state index in [1.54, 1.807) is 0 Å². The number of guanidine groups is 1. The summed E-state index contributed by atoms with van der Waals surface area (Å²) < 4.78 is 0. The van der Waals surface area contributed by atoms with Crippen LogP contribution in [-0.4, -0.2) is 45.1 Å². The molecule has 5 heteroatoms. The number of benzene rings is 2. The lowest BCUT2D eigenvalue weighted by Gasteiger charge is -2.26. The van der Waals surface area contributed by atoms with Gasteiger partial charge in [-0.25, -0.2) is 0 Å². The van der Waals surface area contributed by atoms with Crippen molar-refractivity contribution in [3.05, 3.63) is 71.8 Å². The molecule has 142 valence electrons. The van der Waals surface area contributed by atoms with Crippen LogP contribution in [0, 0.1) is 0 Å². The van der Waals surface area contributed by atoms with Crippen LogP contribution >= 0.6 is 24.0 Å². The van der Waals surface area contributed by atoms with Gasteiger partial charge in [0, 0.05) is 20.1 Å². The first kappa shape index (κ1) is 22.4. The number of nitrogens with one attached hydrogen (secondary N) is 2. The maximum atomic E-state index is 4.35. The molecule has 0 aliphatic carbocycles. The van der Waals surface area contributed by atoms with Gasteiger partial charge in [0.2, 0.25) is 0 Å². The molecule has 2 atom stereocenters. The summed E-state index contributed by atoms with van der Waals surface area (Å²) in [5.74, 6) is 1.27. The zero-order valence-corrected chi connectivity index (χ0v) is 18.5. The number of halogens is 1. The number of likely N-dealkylation sites (N-methyl/N-ethyl adjacent to an activating group) is 1. The Labute approximate surface area is 175 Å². The average molecular weight is 466 g/mol. The molecule has 0 aliphatic heterocycles. The topological polar surface area (TPSA) is 39.7 Å². The molecule has 26 heavy (non-hydrogen) atoms. The molecule has 0 aliphatic rings. The Kier molecular flexibility index (Phi) is 10.3. The summed E-state index contributed by atoms with van der Waals surface area (Å²) in [5, 5.41) is 6.89. The van der Waals surface area contributed by atoms with Gasteiger partial charge in [0.25, 0.3) is 0 Å². The first-order chi connectivity index (χ1) is 12.1. The van der Waals surface area contributed by atoms with Crippen molar-refractivity contribution in [3.63, 3.8) is 0 Å². The van der Waals surface area contributed by atoms with E-state index >= 15 is 0 Å². The molecule has 2 rings (SSSR count). The molecule has 2 unspecified atom stereocenters. The Balaban J connectivity index is 0.00000338. The van der Waals surface area contributed by atoms with E-state index in [4.69, 9.17) is 0 Å². The molecule has 2 aromatic carbocycles. The van der Waals surface area contributed by atoms with Crippen LogP contribution in [-0.2, 0) is 0 Å². The van der Waals surface area contributed by atoms with Crippen molar-refractivity contribution in [2.24, 2.45) is 4.99 Å². The van der Waals surface area contributed by atoms with Crippen molar-refractivity contribution in [1.82, 2.24) is 15.5 Å². The predicted octanol–water partition coefficient (Wildman–Crippen LogP) is 3.88. The van der Waals surface area contributed by atoms with E-state index in [1.807, 2.05) is 7.05 Å². The molecule has 0 aromatic heterocycles. The van der Waals surface area contributed by atoms with E-state index in [-0.39, 0.29) is 24.0 Å². The van der Waals surface area contributed by atoms with Crippen LogP contribution in [0.1, 0.15) is 30.0 Å². The lowest BCUT2D eigenvalue weighted by molar-refractivity contribution is 0.298. The van der Waals surface area contributed by atoms with Gasteiger partial charge >= 0.3 is 0 Å². The fourth-order valence-electron chi connectivity index (χ4n) is 2.84. The van der Waals surface area contributed by atoms with Crippen LogP contribution in [0.25, 0.3) is 0 Å². The third-order valence-electron chi connectivity index (χ3n) is 4.44. The number of hydrogen-bond donors (Lipinski definition) is 2. The minimum atomic E-state index is 0. The molecule has 0 radical (unpaired) electrons. The third-order valence-corrected chi connectivity index (χ3v) is 4.44. The Hall–Kier alpha value is -1.60. The maximum absolute atomic E-state index is 4.35. The van der Waals surface area contributed by atoms with Crippen molar-refractivity contribution in [2.45, 2.75) is 18.9 Å². The number of hydrogen-bond acceptors (Lipinski definition) is 2. The van der Waals surface area contributed by atoms with Crippen LogP contribution in [0.5, 0.6) is 0 Å². The van der Waals surface area contributed by atoms with Gasteiger partial charge in [-0.3, -0.25) is 4.99 Å². The molecule has 0 fully saturated rings. The van der Waals surface area contributed by atoms with Gasteiger partial charge in [0.1, 0.15) is 0 Å². The highest BCUT2D eigenvalue weighted by Crippen LogP contribution is 2.16. The van der Waals surface area contributed by atoms with Gasteiger partial charge in [-0.15, -0.1) is 24.0 Å². The summed E-state index contributed by atoms with van der Waals surface area (Å²) in [7, 11) is 6.02. The summed E-state index contributed by atoms with van der Waals surface area (Å²) in [6, 6.07) is 21.4. The van der Waals surface area contributed by atoms with Gasteiger partial charge in [-0.1, -0.05) is 67.6 Å². The summed E-state index contributed by atoms with van der Waals surface area (Å²) in [6.45, 7) is 3.88. The van der Waals surface area contributed by atoms with Crippen molar-refractivity contribution < 1.29 is 0 Å². The van der Waals surface area contributed by atoms with Gasteiger partial charge < -0.3 is 15.5 Å². The lowest BCUT2D eigenvalue weighted by atomic mass is 10.0. The predicted molar refractivity (Wildman–Crippen MR) is 123 cm³/mol. The second-order valence-electron chi connectivity index (χ2n) is 6.54. The summed E-state index contributed by atoms with van der Waals surface area (Å²) in [5.41, 5.74) is 2.63. The summed E-state index contributed by atoms with van der Waals surface area (Å²) in [4.78, 5) is 6.58. The number of nitrogens with zero attached hydrogens (tertiary/aromatic N) is 2. The summed E-state index contributed by atoms with van der Waals surface area (Å²) in [6.07, 6.45) is 0. The van der Waals surface area contributed by atoms with Crippen molar-refractivity contribution >= 4 is 29.9 Å². The highest BCUT2D eigenvalue weighted by atomic mass is 127. The second-order valence-corrected chi connectivity index (χ2v) is 6.54.